The van der Waals surface area contributed by atoms with Crippen molar-refractivity contribution in [2.75, 3.05) is 5.32 Å². The second-order valence-corrected chi connectivity index (χ2v) is 5.33. The average molecular weight is 286 g/mol. The van der Waals surface area contributed by atoms with Crippen LogP contribution in [0.3, 0.4) is 0 Å². The Labute approximate surface area is 122 Å². The maximum Gasteiger partial charge on any atom is 0.220 e. The van der Waals surface area contributed by atoms with Crippen LogP contribution in [0.25, 0.3) is 0 Å². The zero-order chi connectivity index (χ0) is 14.8. The monoisotopic (exact) mass is 286 g/mol. The van der Waals surface area contributed by atoms with Gasteiger partial charge < -0.3 is 10.6 Å². The number of rotatable bonds is 3. The molecule has 1 saturated heterocycles. The molecule has 1 amide bonds. The van der Waals surface area contributed by atoms with Gasteiger partial charge in [-0.2, -0.15) is 5.10 Å². The minimum atomic E-state index is -0.102. The molecule has 7 nitrogen and oxygen atoms in total. The van der Waals surface area contributed by atoms with Crippen LogP contribution in [0.5, 0.6) is 0 Å². The van der Waals surface area contributed by atoms with Crippen molar-refractivity contribution in [2.45, 2.75) is 31.8 Å². The van der Waals surface area contributed by atoms with Gasteiger partial charge in [-0.05, 0) is 13.3 Å². The lowest BCUT2D eigenvalue weighted by Gasteiger charge is -2.32. The smallest absolute Gasteiger partial charge is 0.220 e. The Morgan fingerprint density at radius 2 is 2.29 bits per heavy atom. The van der Waals surface area contributed by atoms with Gasteiger partial charge in [-0.1, -0.05) is 0 Å². The summed E-state index contributed by atoms with van der Waals surface area (Å²) < 4.78 is 1.74. The molecule has 2 N–H and O–H groups in total. The molecule has 2 aromatic heterocycles. The summed E-state index contributed by atoms with van der Waals surface area (Å²) in [6.07, 6.45) is 6.53. The number of aromatic nitrogens is 4. The van der Waals surface area contributed by atoms with E-state index < -0.39 is 0 Å². The first-order valence-corrected chi connectivity index (χ1v) is 6.95. The highest BCUT2D eigenvalue weighted by Crippen LogP contribution is 2.26. The predicted molar refractivity (Wildman–Crippen MR) is 77.5 cm³/mol. The number of amides is 1. The summed E-state index contributed by atoms with van der Waals surface area (Å²) in [5, 5.41) is 10.6. The Balaban J connectivity index is 1.82. The lowest BCUT2D eigenvalue weighted by atomic mass is 9.94. The molecule has 2 atom stereocenters. The molecule has 0 spiro atoms. The second-order valence-electron chi connectivity index (χ2n) is 5.33. The second kappa shape index (κ2) is 5.51. The minimum Gasteiger partial charge on any atom is -0.365 e. The molecule has 1 aliphatic heterocycles. The van der Waals surface area contributed by atoms with Crippen molar-refractivity contribution in [1.29, 1.82) is 0 Å². The molecule has 1 aliphatic rings. The van der Waals surface area contributed by atoms with E-state index in [2.05, 4.69) is 25.7 Å². The van der Waals surface area contributed by atoms with E-state index in [0.717, 1.165) is 23.5 Å². The Bertz CT molecular complexity index is 652. The van der Waals surface area contributed by atoms with Crippen molar-refractivity contribution >= 4 is 11.7 Å². The Morgan fingerprint density at radius 1 is 1.43 bits per heavy atom. The van der Waals surface area contributed by atoms with Gasteiger partial charge in [-0.3, -0.25) is 9.48 Å². The first-order chi connectivity index (χ1) is 10.1. The van der Waals surface area contributed by atoms with E-state index in [-0.39, 0.29) is 18.0 Å². The first-order valence-electron chi connectivity index (χ1n) is 6.95. The Morgan fingerprint density at radius 3 is 3.00 bits per heavy atom. The fourth-order valence-corrected chi connectivity index (χ4v) is 2.59. The van der Waals surface area contributed by atoms with E-state index in [1.165, 1.54) is 6.33 Å². The summed E-state index contributed by atoms with van der Waals surface area (Å²) >= 11 is 0. The fraction of sp³-hybridized carbons (Fsp3) is 0.429. The largest absolute Gasteiger partial charge is 0.365 e. The van der Waals surface area contributed by atoms with Crippen molar-refractivity contribution in [3.63, 3.8) is 0 Å². The fourth-order valence-electron chi connectivity index (χ4n) is 2.59. The summed E-state index contributed by atoms with van der Waals surface area (Å²) in [5.74, 6) is 0.846. The van der Waals surface area contributed by atoms with Crippen LogP contribution < -0.4 is 10.6 Å². The minimum absolute atomic E-state index is 0.0702. The molecular formula is C14H18N6O. The van der Waals surface area contributed by atoms with Crippen LogP contribution in [0.4, 0.5) is 5.82 Å². The number of hydrogen-bond acceptors (Lipinski definition) is 5. The van der Waals surface area contributed by atoms with Crippen LogP contribution in [0, 0.1) is 6.92 Å². The van der Waals surface area contributed by atoms with Gasteiger partial charge in [-0.15, -0.1) is 0 Å². The molecule has 2 aromatic rings. The molecule has 0 saturated carbocycles. The zero-order valence-electron chi connectivity index (χ0n) is 12.1. The zero-order valence-corrected chi connectivity index (χ0v) is 12.1. The summed E-state index contributed by atoms with van der Waals surface area (Å²) in [6.45, 7) is 1.92. The maximum atomic E-state index is 11.7. The van der Waals surface area contributed by atoms with E-state index in [1.807, 2.05) is 26.2 Å². The van der Waals surface area contributed by atoms with Gasteiger partial charge >= 0.3 is 0 Å². The Hall–Kier alpha value is -2.44. The van der Waals surface area contributed by atoms with Crippen molar-refractivity contribution in [2.24, 2.45) is 7.05 Å². The SMILES string of the molecule is Cc1cc(N[C@@H]2CCC(=O)N[C@H]2c2cnn(C)c2)ncn1. The van der Waals surface area contributed by atoms with Gasteiger partial charge in [0.25, 0.3) is 0 Å². The number of hydrogen-bond donors (Lipinski definition) is 2. The van der Waals surface area contributed by atoms with E-state index in [0.29, 0.717) is 6.42 Å². The van der Waals surface area contributed by atoms with Crippen LogP contribution in [-0.4, -0.2) is 31.7 Å². The number of piperidine rings is 1. The number of aryl methyl sites for hydroxylation is 2. The van der Waals surface area contributed by atoms with Crippen molar-refractivity contribution in [3.05, 3.63) is 36.0 Å². The molecule has 0 radical (unpaired) electrons. The van der Waals surface area contributed by atoms with Gasteiger partial charge in [0.05, 0.1) is 18.3 Å². The number of anilines is 1. The van der Waals surface area contributed by atoms with Crippen LogP contribution in [0.2, 0.25) is 0 Å². The first kappa shape index (κ1) is 13.5. The van der Waals surface area contributed by atoms with Crippen molar-refractivity contribution in [3.8, 4) is 0 Å². The van der Waals surface area contributed by atoms with Gasteiger partial charge in [-0.25, -0.2) is 9.97 Å². The summed E-state index contributed by atoms with van der Waals surface area (Å²) in [6, 6.07) is 1.88. The van der Waals surface area contributed by atoms with E-state index in [4.69, 9.17) is 0 Å². The number of nitrogens with zero attached hydrogens (tertiary/aromatic N) is 4. The van der Waals surface area contributed by atoms with E-state index in [1.54, 1.807) is 10.9 Å². The number of carbonyl (C=O) groups excluding carboxylic acids is 1. The van der Waals surface area contributed by atoms with E-state index >= 15 is 0 Å². The normalized spacial score (nSPS) is 21.9. The third-order valence-electron chi connectivity index (χ3n) is 3.62. The summed E-state index contributed by atoms with van der Waals surface area (Å²) in [4.78, 5) is 20.0. The topological polar surface area (TPSA) is 84.7 Å². The number of nitrogens with one attached hydrogen (secondary N) is 2. The van der Waals surface area contributed by atoms with Gasteiger partial charge in [0.2, 0.25) is 5.91 Å². The van der Waals surface area contributed by atoms with Gasteiger partial charge in [0, 0.05) is 37.0 Å². The molecule has 7 heteroatoms. The average Bonchev–Trinajstić information content (AvgIpc) is 2.87. The highest BCUT2D eigenvalue weighted by atomic mass is 16.1. The molecule has 1 fully saturated rings. The van der Waals surface area contributed by atoms with Crippen molar-refractivity contribution < 1.29 is 4.79 Å². The lowest BCUT2D eigenvalue weighted by Crippen LogP contribution is -2.45. The molecule has 3 rings (SSSR count). The molecule has 110 valence electrons. The summed E-state index contributed by atoms with van der Waals surface area (Å²) in [7, 11) is 1.87. The quantitative estimate of drug-likeness (QED) is 0.877. The molecule has 0 unspecified atom stereocenters. The molecule has 21 heavy (non-hydrogen) atoms. The molecule has 0 aromatic carbocycles. The highest BCUT2D eigenvalue weighted by molar-refractivity contribution is 5.77. The molecular weight excluding hydrogens is 268 g/mol. The van der Waals surface area contributed by atoms with Gasteiger partial charge in [0.15, 0.2) is 0 Å². The molecule has 0 aliphatic carbocycles. The van der Waals surface area contributed by atoms with E-state index in [9.17, 15) is 4.79 Å². The standard InChI is InChI=1S/C14H18N6O/c1-9-5-12(16-8-15-9)18-11-3-4-13(21)19-14(11)10-6-17-20(2)7-10/h5-8,11,14H,3-4H2,1-2H3,(H,19,21)(H,15,16,18)/t11-,14+/m1/s1. The van der Waals surface area contributed by atoms with Crippen LogP contribution in [-0.2, 0) is 11.8 Å². The lowest BCUT2D eigenvalue weighted by molar-refractivity contribution is -0.123. The highest BCUT2D eigenvalue weighted by Gasteiger charge is 2.30. The third kappa shape index (κ3) is 3.01. The predicted octanol–water partition coefficient (Wildman–Crippen LogP) is 0.950. The molecule has 0 bridgehead atoms. The van der Waals surface area contributed by atoms with Gasteiger partial charge in [0.1, 0.15) is 12.1 Å². The Kier molecular flexibility index (Phi) is 3.55. The van der Waals surface area contributed by atoms with Crippen LogP contribution in [0.1, 0.15) is 30.1 Å². The third-order valence-corrected chi connectivity index (χ3v) is 3.62. The van der Waals surface area contributed by atoms with Crippen molar-refractivity contribution in [1.82, 2.24) is 25.1 Å². The van der Waals surface area contributed by atoms with Crippen LogP contribution >= 0.6 is 0 Å². The maximum absolute atomic E-state index is 11.7. The molecule has 3 heterocycles. The van der Waals surface area contributed by atoms with Crippen LogP contribution in [0.15, 0.2) is 24.8 Å². The number of carbonyl (C=O) groups is 1. The summed E-state index contributed by atoms with van der Waals surface area (Å²) in [5.41, 5.74) is 1.90.